The maximum absolute atomic E-state index is 12.0. The van der Waals surface area contributed by atoms with Crippen molar-refractivity contribution in [1.29, 1.82) is 0 Å². The first-order valence-electron chi connectivity index (χ1n) is 7.28. The molecule has 0 saturated carbocycles. The van der Waals surface area contributed by atoms with E-state index in [9.17, 15) is 9.59 Å². The molecule has 2 amide bonds. The predicted octanol–water partition coefficient (Wildman–Crippen LogP) is 1.41. The molecule has 2 aromatic rings. The summed E-state index contributed by atoms with van der Waals surface area (Å²) in [4.78, 5) is 27.9. The maximum Gasteiger partial charge on any atom is 0.360 e. The fraction of sp³-hybridized carbons (Fsp3) is 0.333. The van der Waals surface area contributed by atoms with Crippen LogP contribution in [0.1, 0.15) is 23.1 Å². The highest BCUT2D eigenvalue weighted by Crippen LogP contribution is 2.15. The predicted molar refractivity (Wildman–Crippen MR) is 85.9 cm³/mol. The minimum atomic E-state index is -0.619. The molecule has 0 spiro atoms. The Morgan fingerprint density at radius 1 is 1.29 bits per heavy atom. The summed E-state index contributed by atoms with van der Waals surface area (Å²) in [7, 11) is 2.78. The molecule has 128 valence electrons. The highest BCUT2D eigenvalue weighted by molar-refractivity contribution is 5.99. The fourth-order valence-electron chi connectivity index (χ4n) is 1.93. The molecule has 9 heteroatoms. The lowest BCUT2D eigenvalue weighted by Gasteiger charge is -2.07. The van der Waals surface area contributed by atoms with Crippen LogP contribution in [-0.4, -0.2) is 41.0 Å². The molecule has 0 unspecified atom stereocenters. The molecule has 2 N–H and O–H groups in total. The lowest BCUT2D eigenvalue weighted by atomic mass is 10.3. The maximum atomic E-state index is 12.0. The molecule has 0 radical (unpaired) electrons. The van der Waals surface area contributed by atoms with Crippen LogP contribution in [0.25, 0.3) is 0 Å². The van der Waals surface area contributed by atoms with Gasteiger partial charge < -0.3 is 20.1 Å². The Hall–Kier alpha value is -3.10. The Kier molecular flexibility index (Phi) is 5.72. The molecule has 0 aromatic carbocycles. The van der Waals surface area contributed by atoms with E-state index in [1.54, 1.807) is 24.4 Å². The Morgan fingerprint density at radius 2 is 2.08 bits per heavy atom. The van der Waals surface area contributed by atoms with Gasteiger partial charge in [0.15, 0.2) is 5.69 Å². The van der Waals surface area contributed by atoms with Gasteiger partial charge in [-0.3, -0.25) is 4.68 Å². The third-order valence-corrected chi connectivity index (χ3v) is 3.13. The lowest BCUT2D eigenvalue weighted by Crippen LogP contribution is -2.29. The van der Waals surface area contributed by atoms with E-state index in [1.165, 1.54) is 18.9 Å². The van der Waals surface area contributed by atoms with E-state index in [0.717, 1.165) is 0 Å². The summed E-state index contributed by atoms with van der Waals surface area (Å²) in [5.41, 5.74) is 0.968. The number of amides is 2. The second-order valence-electron chi connectivity index (χ2n) is 4.72. The highest BCUT2D eigenvalue weighted by Gasteiger charge is 2.18. The monoisotopic (exact) mass is 333 g/mol. The van der Waals surface area contributed by atoms with E-state index < -0.39 is 12.0 Å². The number of pyridine rings is 1. The van der Waals surface area contributed by atoms with Crippen LogP contribution in [0.3, 0.4) is 0 Å². The number of aryl methyl sites for hydroxylation is 1. The van der Waals surface area contributed by atoms with Crippen LogP contribution in [0.15, 0.2) is 24.4 Å². The van der Waals surface area contributed by atoms with Crippen molar-refractivity contribution in [3.05, 3.63) is 35.8 Å². The standard InChI is InChI=1S/C15H19N5O4/c1-4-20-9-11(13(19-20)14(21)24-3)18-15(22)16-8-10-6-5-7-12(17-10)23-2/h5-7,9H,4,8H2,1-3H3,(H2,16,18,22). The Morgan fingerprint density at radius 3 is 2.75 bits per heavy atom. The van der Waals surface area contributed by atoms with Crippen LogP contribution in [-0.2, 0) is 17.8 Å². The summed E-state index contributed by atoms with van der Waals surface area (Å²) in [5, 5.41) is 9.30. The smallest absolute Gasteiger partial charge is 0.360 e. The van der Waals surface area contributed by atoms with Crippen molar-refractivity contribution in [2.24, 2.45) is 0 Å². The minimum Gasteiger partial charge on any atom is -0.481 e. The van der Waals surface area contributed by atoms with Crippen molar-refractivity contribution in [2.45, 2.75) is 20.0 Å². The zero-order valence-electron chi connectivity index (χ0n) is 13.7. The summed E-state index contributed by atoms with van der Waals surface area (Å²) in [6, 6.07) is 4.77. The second kappa shape index (κ2) is 7.95. The van der Waals surface area contributed by atoms with Crippen molar-refractivity contribution in [3.63, 3.8) is 0 Å². The van der Waals surface area contributed by atoms with Gasteiger partial charge in [-0.2, -0.15) is 5.10 Å². The number of anilines is 1. The fourth-order valence-corrected chi connectivity index (χ4v) is 1.93. The van der Waals surface area contributed by atoms with Crippen molar-refractivity contribution >= 4 is 17.7 Å². The number of methoxy groups -OCH3 is 2. The second-order valence-corrected chi connectivity index (χ2v) is 4.72. The van der Waals surface area contributed by atoms with E-state index >= 15 is 0 Å². The molecule has 0 bridgehead atoms. The van der Waals surface area contributed by atoms with Gasteiger partial charge in [0.1, 0.15) is 0 Å². The Balaban J connectivity index is 2.01. The molecule has 9 nitrogen and oxygen atoms in total. The van der Waals surface area contributed by atoms with E-state index in [4.69, 9.17) is 4.74 Å². The number of hydrogen-bond acceptors (Lipinski definition) is 6. The Bertz CT molecular complexity index is 728. The van der Waals surface area contributed by atoms with E-state index in [2.05, 4.69) is 25.5 Å². The molecule has 0 aliphatic carbocycles. The van der Waals surface area contributed by atoms with Gasteiger partial charge in [-0.1, -0.05) is 6.07 Å². The number of ether oxygens (including phenoxy) is 2. The van der Waals surface area contributed by atoms with Gasteiger partial charge in [-0.15, -0.1) is 0 Å². The van der Waals surface area contributed by atoms with E-state index in [-0.39, 0.29) is 17.9 Å². The molecule has 0 fully saturated rings. The largest absolute Gasteiger partial charge is 0.481 e. The van der Waals surface area contributed by atoms with Crippen LogP contribution in [0.4, 0.5) is 10.5 Å². The average Bonchev–Trinajstić information content (AvgIpc) is 3.02. The van der Waals surface area contributed by atoms with Gasteiger partial charge in [0.05, 0.1) is 32.1 Å². The molecule has 0 saturated heterocycles. The van der Waals surface area contributed by atoms with E-state index in [0.29, 0.717) is 18.1 Å². The highest BCUT2D eigenvalue weighted by atomic mass is 16.5. The van der Waals surface area contributed by atoms with Crippen LogP contribution in [0, 0.1) is 0 Å². The zero-order valence-corrected chi connectivity index (χ0v) is 13.7. The number of carbonyl (C=O) groups excluding carboxylic acids is 2. The van der Waals surface area contributed by atoms with Crippen LogP contribution in [0.2, 0.25) is 0 Å². The van der Waals surface area contributed by atoms with Crippen LogP contribution >= 0.6 is 0 Å². The number of nitrogens with one attached hydrogen (secondary N) is 2. The van der Waals surface area contributed by atoms with Crippen molar-refractivity contribution < 1.29 is 19.1 Å². The molecular weight excluding hydrogens is 314 g/mol. The summed E-state index contributed by atoms with van der Waals surface area (Å²) < 4.78 is 11.2. The molecule has 2 heterocycles. The first-order chi connectivity index (χ1) is 11.6. The number of hydrogen-bond donors (Lipinski definition) is 2. The van der Waals surface area contributed by atoms with E-state index in [1.807, 2.05) is 6.92 Å². The summed E-state index contributed by atoms with van der Waals surface area (Å²) >= 11 is 0. The van der Waals surface area contributed by atoms with Gasteiger partial charge in [0.2, 0.25) is 5.88 Å². The van der Waals surface area contributed by atoms with Gasteiger partial charge >= 0.3 is 12.0 Å². The molecule has 24 heavy (non-hydrogen) atoms. The average molecular weight is 333 g/mol. The molecule has 0 aliphatic heterocycles. The number of nitrogens with zero attached hydrogens (tertiary/aromatic N) is 3. The normalized spacial score (nSPS) is 10.1. The Labute approximate surface area is 139 Å². The molecule has 2 rings (SSSR count). The molecule has 0 atom stereocenters. The minimum absolute atomic E-state index is 0.0500. The number of rotatable bonds is 6. The summed E-state index contributed by atoms with van der Waals surface area (Å²) in [6.07, 6.45) is 1.57. The van der Waals surface area contributed by atoms with Gasteiger partial charge in [-0.05, 0) is 13.0 Å². The van der Waals surface area contributed by atoms with Gasteiger partial charge in [0, 0.05) is 18.8 Å². The van der Waals surface area contributed by atoms with Crippen LogP contribution < -0.4 is 15.4 Å². The van der Waals surface area contributed by atoms with Gasteiger partial charge in [0.25, 0.3) is 0 Å². The van der Waals surface area contributed by atoms with Gasteiger partial charge in [-0.25, -0.2) is 14.6 Å². The SMILES string of the molecule is CCn1cc(NC(=O)NCc2cccc(OC)n2)c(C(=O)OC)n1. The zero-order chi connectivity index (χ0) is 17.5. The van der Waals surface area contributed by atoms with Crippen molar-refractivity contribution in [1.82, 2.24) is 20.1 Å². The van der Waals surface area contributed by atoms with Crippen molar-refractivity contribution in [3.8, 4) is 5.88 Å². The topological polar surface area (TPSA) is 107 Å². The molecule has 2 aromatic heterocycles. The number of esters is 1. The number of carbonyl (C=O) groups is 2. The third-order valence-electron chi connectivity index (χ3n) is 3.13. The first kappa shape index (κ1) is 17.3. The summed E-state index contributed by atoms with van der Waals surface area (Å²) in [5.74, 6) is -0.154. The van der Waals surface area contributed by atoms with Crippen LogP contribution in [0.5, 0.6) is 5.88 Å². The molecule has 0 aliphatic rings. The summed E-state index contributed by atoms with van der Waals surface area (Å²) in [6.45, 7) is 2.63. The van der Waals surface area contributed by atoms with Crippen molar-refractivity contribution in [2.75, 3.05) is 19.5 Å². The lowest BCUT2D eigenvalue weighted by molar-refractivity contribution is 0.0594. The number of urea groups is 1. The third kappa shape index (κ3) is 4.22. The number of aromatic nitrogens is 3. The quantitative estimate of drug-likeness (QED) is 0.774. The first-order valence-corrected chi connectivity index (χ1v) is 7.28. The molecular formula is C15H19N5O4.